The van der Waals surface area contributed by atoms with Crippen LogP contribution in [-0.2, 0) is 20.7 Å². The molecule has 0 saturated carbocycles. The van der Waals surface area contributed by atoms with E-state index in [1.807, 2.05) is 101 Å². The third-order valence-corrected chi connectivity index (χ3v) is 8.14. The fraction of sp³-hybridized carbons (Fsp3) is 0.462. The van der Waals surface area contributed by atoms with Crippen LogP contribution in [0.1, 0.15) is 93.8 Å². The Morgan fingerprint density at radius 1 is 0.804 bits per heavy atom. The summed E-state index contributed by atoms with van der Waals surface area (Å²) in [5.41, 5.74) is 5.46. The third kappa shape index (κ3) is 10.2. The van der Waals surface area contributed by atoms with Gasteiger partial charge in [0.15, 0.2) is 0 Å². The fourth-order valence-corrected chi connectivity index (χ4v) is 5.75. The number of anilines is 1. The van der Waals surface area contributed by atoms with E-state index in [9.17, 15) is 14.4 Å². The number of carbonyl (C=O) groups excluding carboxylic acids is 3. The molecule has 0 aliphatic carbocycles. The van der Waals surface area contributed by atoms with Crippen LogP contribution in [0.5, 0.6) is 0 Å². The molecule has 3 rings (SSSR count). The molecule has 3 aromatic rings. The number of nitrogens with zero attached hydrogens (tertiary/aromatic N) is 1. The quantitative estimate of drug-likeness (QED) is 0.211. The number of hydrogen-bond acceptors (Lipinski definition) is 4. The van der Waals surface area contributed by atoms with E-state index in [1.165, 1.54) is 0 Å². The van der Waals surface area contributed by atoms with Crippen molar-refractivity contribution >= 4 is 23.6 Å². The number of carbonyl (C=O) groups is 3. The first kappa shape index (κ1) is 36.3. The Kier molecular flexibility index (Phi) is 12.6. The number of para-hydroxylation sites is 1. The van der Waals surface area contributed by atoms with Gasteiger partial charge in [0.05, 0.1) is 0 Å². The Morgan fingerprint density at radius 3 is 2.00 bits per heavy atom. The summed E-state index contributed by atoms with van der Waals surface area (Å²) in [5.74, 6) is -0.236. The van der Waals surface area contributed by atoms with Crippen molar-refractivity contribution in [3.63, 3.8) is 0 Å². The number of aryl methyl sites for hydroxylation is 4. The van der Waals surface area contributed by atoms with Gasteiger partial charge in [-0.3, -0.25) is 9.59 Å². The van der Waals surface area contributed by atoms with Crippen molar-refractivity contribution in [3.05, 3.63) is 100 Å². The minimum atomic E-state index is -0.972. The smallest absolute Gasteiger partial charge is 0.408 e. The highest BCUT2D eigenvalue weighted by atomic mass is 16.6. The van der Waals surface area contributed by atoms with Crippen molar-refractivity contribution in [2.75, 3.05) is 5.32 Å². The largest absolute Gasteiger partial charge is 0.444 e. The van der Waals surface area contributed by atoms with E-state index in [2.05, 4.69) is 24.5 Å². The van der Waals surface area contributed by atoms with E-state index in [4.69, 9.17) is 4.74 Å². The van der Waals surface area contributed by atoms with Crippen LogP contribution in [0, 0.1) is 33.6 Å². The molecule has 0 spiro atoms. The minimum absolute atomic E-state index is 0.241. The average Bonchev–Trinajstić information content (AvgIpc) is 2.96. The van der Waals surface area contributed by atoms with Crippen LogP contribution < -0.4 is 10.6 Å². The molecule has 3 aromatic carbocycles. The second-order valence-corrected chi connectivity index (χ2v) is 14.0. The van der Waals surface area contributed by atoms with Crippen LogP contribution in [0.3, 0.4) is 0 Å². The number of ether oxygens (including phenoxy) is 1. The predicted molar refractivity (Wildman–Crippen MR) is 187 cm³/mol. The first-order valence-corrected chi connectivity index (χ1v) is 16.4. The number of hydrogen-bond donors (Lipinski definition) is 2. The zero-order chi connectivity index (χ0) is 34.2. The molecule has 7 heteroatoms. The lowest BCUT2D eigenvalue weighted by Crippen LogP contribution is -2.55. The van der Waals surface area contributed by atoms with Crippen molar-refractivity contribution in [3.8, 4) is 0 Å². The average molecular weight is 628 g/mol. The van der Waals surface area contributed by atoms with Crippen molar-refractivity contribution in [1.82, 2.24) is 10.2 Å². The second kappa shape index (κ2) is 15.9. The van der Waals surface area contributed by atoms with Crippen LogP contribution in [0.4, 0.5) is 10.5 Å². The van der Waals surface area contributed by atoms with Crippen molar-refractivity contribution < 1.29 is 19.1 Å². The molecule has 0 aliphatic heterocycles. The SMILES string of the molecule is Cc1ccc(C(C(=O)Nc2c(C)cccc2C)N(C(=O)C(Cc2ccccc2)NC(=O)OC(C)(C)C)C(C)CCC(C)C)c(C)c1. The Hall–Kier alpha value is -4.13. The first-order chi connectivity index (χ1) is 21.6. The number of alkyl carbamates (subject to hydrolysis) is 1. The molecular weight excluding hydrogens is 574 g/mol. The molecule has 0 bridgehead atoms. The monoisotopic (exact) mass is 627 g/mol. The van der Waals surface area contributed by atoms with E-state index in [1.54, 1.807) is 25.7 Å². The molecule has 0 fully saturated rings. The van der Waals surface area contributed by atoms with Crippen LogP contribution >= 0.6 is 0 Å². The van der Waals surface area contributed by atoms with E-state index >= 15 is 0 Å². The van der Waals surface area contributed by atoms with E-state index in [0.717, 1.165) is 45.5 Å². The highest BCUT2D eigenvalue weighted by Crippen LogP contribution is 2.32. The summed E-state index contributed by atoms with van der Waals surface area (Å²) in [6, 6.07) is 19.2. The number of benzene rings is 3. The minimum Gasteiger partial charge on any atom is -0.444 e. The van der Waals surface area contributed by atoms with Crippen LogP contribution in [0.15, 0.2) is 66.7 Å². The van der Waals surface area contributed by atoms with Gasteiger partial charge in [0.25, 0.3) is 5.91 Å². The van der Waals surface area contributed by atoms with Gasteiger partial charge < -0.3 is 20.3 Å². The predicted octanol–water partition coefficient (Wildman–Crippen LogP) is 8.39. The molecule has 2 N–H and O–H groups in total. The molecule has 3 atom stereocenters. The van der Waals surface area contributed by atoms with E-state index in [-0.39, 0.29) is 24.3 Å². The van der Waals surface area contributed by atoms with Gasteiger partial charge in [0.2, 0.25) is 5.91 Å². The molecule has 0 aromatic heterocycles. The molecule has 3 unspecified atom stereocenters. The summed E-state index contributed by atoms with van der Waals surface area (Å²) in [7, 11) is 0. The van der Waals surface area contributed by atoms with Gasteiger partial charge >= 0.3 is 6.09 Å². The molecule has 7 nitrogen and oxygen atoms in total. The molecule has 46 heavy (non-hydrogen) atoms. The summed E-state index contributed by atoms with van der Waals surface area (Å²) in [4.78, 5) is 44.5. The molecule has 0 radical (unpaired) electrons. The summed E-state index contributed by atoms with van der Waals surface area (Å²) < 4.78 is 5.61. The van der Waals surface area contributed by atoms with E-state index < -0.39 is 23.8 Å². The van der Waals surface area contributed by atoms with Crippen LogP contribution in [0.2, 0.25) is 0 Å². The second-order valence-electron chi connectivity index (χ2n) is 14.0. The normalized spacial score (nSPS) is 13.5. The maximum Gasteiger partial charge on any atom is 0.408 e. The topological polar surface area (TPSA) is 87.7 Å². The highest BCUT2D eigenvalue weighted by Gasteiger charge is 2.40. The maximum atomic E-state index is 15.0. The van der Waals surface area contributed by atoms with Gasteiger partial charge in [0.1, 0.15) is 17.7 Å². The lowest BCUT2D eigenvalue weighted by atomic mass is 9.93. The first-order valence-electron chi connectivity index (χ1n) is 16.4. The Balaban J connectivity index is 2.20. The molecule has 3 amide bonds. The molecule has 248 valence electrons. The highest BCUT2D eigenvalue weighted by molar-refractivity contribution is 6.00. The van der Waals surface area contributed by atoms with Crippen molar-refractivity contribution in [1.29, 1.82) is 0 Å². The number of nitrogens with one attached hydrogen (secondary N) is 2. The molecule has 0 aliphatic rings. The van der Waals surface area contributed by atoms with Gasteiger partial charge in [-0.05, 0) is 102 Å². The number of amides is 3. The van der Waals surface area contributed by atoms with Crippen molar-refractivity contribution in [2.45, 2.75) is 112 Å². The zero-order valence-electron chi connectivity index (χ0n) is 29.4. The summed E-state index contributed by atoms with van der Waals surface area (Å²) in [5, 5.41) is 6.06. The molecule has 0 heterocycles. The molecular formula is C39H53N3O4. The van der Waals surface area contributed by atoms with E-state index in [0.29, 0.717) is 12.3 Å². The fourth-order valence-electron chi connectivity index (χ4n) is 5.75. The maximum absolute atomic E-state index is 15.0. The Morgan fingerprint density at radius 2 is 1.43 bits per heavy atom. The third-order valence-electron chi connectivity index (χ3n) is 8.14. The van der Waals surface area contributed by atoms with Crippen LogP contribution in [0.25, 0.3) is 0 Å². The number of rotatable bonds is 12. The standard InChI is InChI=1S/C39H53N3O4/c1-25(2)19-21-30(7)42(37(44)33(24-31-17-12-11-13-18-31)40-38(45)46-39(8,9)10)35(32-22-20-26(3)23-29(32)6)36(43)41-34-27(4)15-14-16-28(34)5/h11-18,20,22-23,25,30,33,35H,19,21,24H2,1-10H3,(H,40,45)(H,41,43). The van der Waals surface area contributed by atoms with Crippen molar-refractivity contribution in [2.24, 2.45) is 5.92 Å². The Labute approximate surface area is 276 Å². The van der Waals surface area contributed by atoms with Gasteiger partial charge in [0, 0.05) is 18.2 Å². The lowest BCUT2D eigenvalue weighted by molar-refractivity contribution is -0.143. The van der Waals surface area contributed by atoms with Gasteiger partial charge in [-0.25, -0.2) is 4.79 Å². The summed E-state index contributed by atoms with van der Waals surface area (Å²) in [6.45, 7) is 19.6. The summed E-state index contributed by atoms with van der Waals surface area (Å²) in [6.07, 6.45) is 1.11. The Bertz CT molecular complexity index is 1470. The van der Waals surface area contributed by atoms with Gasteiger partial charge in [-0.15, -0.1) is 0 Å². The van der Waals surface area contributed by atoms with Gasteiger partial charge in [-0.1, -0.05) is 86.1 Å². The van der Waals surface area contributed by atoms with Crippen LogP contribution in [-0.4, -0.2) is 40.5 Å². The van der Waals surface area contributed by atoms with Gasteiger partial charge in [-0.2, -0.15) is 0 Å². The lowest BCUT2D eigenvalue weighted by Gasteiger charge is -2.39. The zero-order valence-corrected chi connectivity index (χ0v) is 29.4. The summed E-state index contributed by atoms with van der Waals surface area (Å²) >= 11 is 0. The molecule has 0 saturated heterocycles.